The monoisotopic (exact) mass is 1030 g/mol. The number of aromatic amines is 1. The molecule has 16 heteroatoms. The van der Waals surface area contributed by atoms with Gasteiger partial charge in [-0.25, -0.2) is 4.79 Å². The number of aryl methyl sites for hydroxylation is 1. The second-order valence-corrected chi connectivity index (χ2v) is 26.3. The number of esters is 4. The molecule has 3 aliphatic rings. The molecule has 4 heterocycles. The molecular weight excluding hydrogens is 945 g/mol. The topological polar surface area (TPSA) is 185 Å². The third-order valence-corrected chi connectivity index (χ3v) is 13.7. The van der Waals surface area contributed by atoms with Gasteiger partial charge >= 0.3 is 30.0 Å². The average Bonchev–Trinajstić information content (AvgIpc) is 3.67. The zero-order valence-corrected chi connectivity index (χ0v) is 48.1. The van der Waals surface area contributed by atoms with Crippen LogP contribution in [0.1, 0.15) is 184 Å². The van der Waals surface area contributed by atoms with Gasteiger partial charge in [0, 0.05) is 43.9 Å². The van der Waals surface area contributed by atoms with E-state index in [0.717, 1.165) is 86.4 Å². The van der Waals surface area contributed by atoms with Crippen molar-refractivity contribution in [2.45, 2.75) is 205 Å². The highest BCUT2D eigenvalue weighted by Gasteiger charge is 2.56. The van der Waals surface area contributed by atoms with E-state index in [9.17, 15) is 24.0 Å². The summed E-state index contributed by atoms with van der Waals surface area (Å²) in [5.74, 6) is -2.35. The predicted molar refractivity (Wildman–Crippen MR) is 283 cm³/mol. The SMILES string of the molecule is Cc1cc(/C=C/CCN2CCCC3(CCN(C(=O)OC(C)(C)C)CC3)C2)ccc1Cc1c(O[C@@H]2O[C@H](COC(=O)C(C)(C)C)[C@@H](OC(=O)C(C)(C)C)[C@H](OC(=O)C(C)(C)C)[C@H]2OC(=O)C(C)(C)C)n[nH]c1C(C)C. The maximum atomic E-state index is 13.9. The lowest BCUT2D eigenvalue weighted by Crippen LogP contribution is -2.65. The number of aromatic nitrogens is 2. The van der Waals surface area contributed by atoms with Crippen molar-refractivity contribution in [2.75, 3.05) is 39.3 Å². The Morgan fingerprint density at radius 3 is 1.88 bits per heavy atom. The van der Waals surface area contributed by atoms with Crippen LogP contribution >= 0.6 is 0 Å². The summed E-state index contributed by atoms with van der Waals surface area (Å²) in [6.07, 6.45) is 2.79. The number of hydrogen-bond acceptors (Lipinski definition) is 14. The second kappa shape index (κ2) is 23.5. The van der Waals surface area contributed by atoms with Gasteiger partial charge in [-0.1, -0.05) is 44.2 Å². The van der Waals surface area contributed by atoms with Crippen LogP contribution in [0.25, 0.3) is 6.08 Å². The van der Waals surface area contributed by atoms with Crippen LogP contribution < -0.4 is 4.74 Å². The summed E-state index contributed by atoms with van der Waals surface area (Å²) in [4.78, 5) is 71.9. The number of piperidine rings is 2. The molecule has 1 aromatic heterocycles. The van der Waals surface area contributed by atoms with Crippen LogP contribution in [0.3, 0.4) is 0 Å². The molecule has 0 bridgehead atoms. The van der Waals surface area contributed by atoms with E-state index in [2.05, 4.69) is 52.4 Å². The van der Waals surface area contributed by atoms with Crippen LogP contribution in [0.15, 0.2) is 24.3 Å². The number of likely N-dealkylation sites (tertiary alicyclic amines) is 2. The molecular formula is C58H90N4O12. The first kappa shape index (κ1) is 59.9. The Morgan fingerprint density at radius 1 is 0.770 bits per heavy atom. The Balaban J connectivity index is 1.39. The van der Waals surface area contributed by atoms with Gasteiger partial charge in [-0.05, 0) is 177 Å². The van der Waals surface area contributed by atoms with Crippen LogP contribution in [0.4, 0.5) is 4.79 Å². The molecule has 2 aromatic rings. The third-order valence-electron chi connectivity index (χ3n) is 13.7. The summed E-state index contributed by atoms with van der Waals surface area (Å²) in [5, 5.41) is 7.82. The summed E-state index contributed by atoms with van der Waals surface area (Å²) in [6, 6.07) is 6.37. The Labute approximate surface area is 441 Å². The molecule has 0 unspecified atom stereocenters. The quantitative estimate of drug-likeness (QED) is 0.139. The second-order valence-electron chi connectivity index (χ2n) is 26.3. The van der Waals surface area contributed by atoms with Gasteiger partial charge in [0.25, 0.3) is 0 Å². The zero-order valence-electron chi connectivity index (χ0n) is 48.1. The minimum Gasteiger partial charge on any atom is -0.462 e. The Bertz CT molecular complexity index is 2310. The number of hydrogen-bond donors (Lipinski definition) is 1. The van der Waals surface area contributed by atoms with E-state index in [0.29, 0.717) is 6.42 Å². The maximum absolute atomic E-state index is 13.9. The van der Waals surface area contributed by atoms with Crippen LogP contribution in [0.5, 0.6) is 5.88 Å². The highest BCUT2D eigenvalue weighted by Crippen LogP contribution is 2.41. The molecule has 3 saturated heterocycles. The molecule has 1 aromatic carbocycles. The fourth-order valence-corrected chi connectivity index (χ4v) is 9.09. The summed E-state index contributed by atoms with van der Waals surface area (Å²) < 4.78 is 43.4. The van der Waals surface area contributed by atoms with Crippen LogP contribution in [-0.2, 0) is 54.0 Å². The highest BCUT2D eigenvalue weighted by molar-refractivity contribution is 5.78. The van der Waals surface area contributed by atoms with E-state index < -0.39 is 88.5 Å². The van der Waals surface area contributed by atoms with Gasteiger partial charge in [0.1, 0.15) is 18.3 Å². The van der Waals surface area contributed by atoms with E-state index in [-0.39, 0.29) is 23.3 Å². The number of carbonyl (C=O) groups excluding carboxylic acids is 5. The summed E-state index contributed by atoms with van der Waals surface area (Å²) in [6.45, 7) is 36.3. The first-order valence-corrected chi connectivity index (χ1v) is 26.7. The fourth-order valence-electron chi connectivity index (χ4n) is 9.09. The van der Waals surface area contributed by atoms with Crippen molar-refractivity contribution < 1.29 is 57.1 Å². The average molecular weight is 1040 g/mol. The van der Waals surface area contributed by atoms with Gasteiger partial charge in [-0.15, -0.1) is 5.10 Å². The minimum atomic E-state index is -1.50. The first-order chi connectivity index (χ1) is 34.1. The molecule has 1 spiro atoms. The standard InChI is InChI=1S/C58H90N4O12/c1-36(2)42-40(33-39-24-23-38(32-37(39)3)22-19-20-28-61-29-21-25-58(35-61)26-30-62(31-27-58)52(67)74-57(16,17)18)46(60-59-42)73-47-45(72-51(66)56(13,14)15)44(71-50(65)55(10,11)12)43(70-49(64)54(7,8)9)41(69-47)34-68-48(63)53(4,5)6/h19,22-24,32,36,41,43-45,47H,20-21,25-31,33-35H2,1-18H3,(H,59,60)/b22-19+/t41-,43-,44+,45-,47+/m1/s1. The van der Waals surface area contributed by atoms with Gasteiger partial charge in [0.05, 0.1) is 21.7 Å². The molecule has 1 N–H and O–H groups in total. The lowest BCUT2D eigenvalue weighted by atomic mass is 9.72. The molecule has 1 amide bonds. The van der Waals surface area contributed by atoms with E-state index in [4.69, 9.17) is 33.2 Å². The number of nitrogens with one attached hydrogen (secondary N) is 1. The Hall–Kier alpha value is -4.96. The number of rotatable bonds is 14. The van der Waals surface area contributed by atoms with Crippen LogP contribution in [0.2, 0.25) is 0 Å². The van der Waals surface area contributed by atoms with Crippen molar-refractivity contribution in [3.63, 3.8) is 0 Å². The fraction of sp³-hybridized carbons (Fsp3) is 0.724. The summed E-state index contributed by atoms with van der Waals surface area (Å²) in [7, 11) is 0. The van der Waals surface area contributed by atoms with Crippen LogP contribution in [-0.4, -0.2) is 126 Å². The van der Waals surface area contributed by atoms with Crippen molar-refractivity contribution in [3.05, 3.63) is 52.2 Å². The minimum absolute atomic E-state index is 0.00906. The van der Waals surface area contributed by atoms with E-state index in [1.807, 2.05) is 39.5 Å². The summed E-state index contributed by atoms with van der Waals surface area (Å²) in [5.41, 5.74) is 0.522. The largest absolute Gasteiger partial charge is 0.462 e. The molecule has 5 atom stereocenters. The predicted octanol–water partition coefficient (Wildman–Crippen LogP) is 10.5. The molecule has 5 rings (SSSR count). The maximum Gasteiger partial charge on any atom is 0.410 e. The molecule has 3 fully saturated rings. The molecule has 74 heavy (non-hydrogen) atoms. The molecule has 16 nitrogen and oxygen atoms in total. The number of nitrogens with zero attached hydrogens (tertiary/aromatic N) is 3. The number of amides is 1. The first-order valence-electron chi connectivity index (χ1n) is 26.7. The van der Waals surface area contributed by atoms with E-state index >= 15 is 0 Å². The third kappa shape index (κ3) is 16.3. The molecule has 3 aliphatic heterocycles. The number of ether oxygens (including phenoxy) is 7. The number of benzene rings is 1. The van der Waals surface area contributed by atoms with Crippen molar-refractivity contribution >= 4 is 36.0 Å². The Kier molecular flexibility index (Phi) is 19.0. The Morgan fingerprint density at radius 2 is 1.34 bits per heavy atom. The van der Waals surface area contributed by atoms with Gasteiger partial charge in [-0.3, -0.25) is 24.3 Å². The zero-order chi connectivity index (χ0) is 55.4. The van der Waals surface area contributed by atoms with E-state index in [1.54, 1.807) is 83.1 Å². The van der Waals surface area contributed by atoms with Gasteiger partial charge in [-0.2, -0.15) is 0 Å². The normalized spacial score (nSPS) is 22.1. The van der Waals surface area contributed by atoms with Gasteiger partial charge in [0.15, 0.2) is 12.2 Å². The lowest BCUT2D eigenvalue weighted by Gasteiger charge is -2.47. The molecule has 0 radical (unpaired) electrons. The van der Waals surface area contributed by atoms with Crippen LogP contribution in [0, 0.1) is 34.0 Å². The van der Waals surface area contributed by atoms with Crippen molar-refractivity contribution in [2.24, 2.45) is 27.1 Å². The number of carbonyl (C=O) groups is 5. The lowest BCUT2D eigenvalue weighted by molar-refractivity contribution is -0.294. The van der Waals surface area contributed by atoms with Crippen molar-refractivity contribution in [1.29, 1.82) is 0 Å². The highest BCUT2D eigenvalue weighted by atomic mass is 16.7. The molecule has 0 aliphatic carbocycles. The smallest absolute Gasteiger partial charge is 0.410 e. The van der Waals surface area contributed by atoms with Gasteiger partial charge < -0.3 is 43.0 Å². The van der Waals surface area contributed by atoms with Gasteiger partial charge in [0.2, 0.25) is 18.3 Å². The molecule has 414 valence electrons. The molecule has 0 saturated carbocycles. The van der Waals surface area contributed by atoms with E-state index in [1.165, 1.54) is 6.42 Å². The van der Waals surface area contributed by atoms with Crippen molar-refractivity contribution in [1.82, 2.24) is 20.0 Å². The number of H-pyrrole nitrogens is 1. The summed E-state index contributed by atoms with van der Waals surface area (Å²) >= 11 is 0. The van der Waals surface area contributed by atoms with Crippen molar-refractivity contribution in [3.8, 4) is 5.88 Å².